The van der Waals surface area contributed by atoms with E-state index in [1.54, 1.807) is 0 Å². The molecule has 0 bridgehead atoms. The maximum atomic E-state index is 5.78. The van der Waals surface area contributed by atoms with Crippen molar-refractivity contribution in [2.24, 2.45) is 58.2 Å². The predicted octanol–water partition coefficient (Wildman–Crippen LogP) is 15.4. The number of allylic oxidation sites excluding steroid dienone is 5. The molecule has 10 rings (SSSR count). The summed E-state index contributed by atoms with van der Waals surface area (Å²) >= 11 is 0. The number of ether oxygens (including phenoxy) is 1. The highest BCUT2D eigenvalue weighted by molar-refractivity contribution is 5.92. The summed E-state index contributed by atoms with van der Waals surface area (Å²) in [7, 11) is 0. The first-order valence-electron chi connectivity index (χ1n) is 31.3. The van der Waals surface area contributed by atoms with Gasteiger partial charge in [0.25, 0.3) is 0 Å². The Balaban J connectivity index is 0.000000339. The maximum Gasteiger partial charge on any atom is 0.0832 e. The van der Waals surface area contributed by atoms with E-state index in [1.807, 2.05) is 6.20 Å². The number of hydrogen-bond acceptors (Lipinski definition) is 13. The van der Waals surface area contributed by atoms with Gasteiger partial charge in [-0.3, -0.25) is 0 Å². The van der Waals surface area contributed by atoms with Crippen LogP contribution in [0.25, 0.3) is 11.4 Å². The van der Waals surface area contributed by atoms with Gasteiger partial charge in [-0.15, -0.1) is 5.53 Å². The van der Waals surface area contributed by atoms with Crippen LogP contribution in [0.5, 0.6) is 0 Å². The third-order valence-electron chi connectivity index (χ3n) is 12.9. The fraction of sp³-hybridized carbons (Fsp3) is 0.701. The van der Waals surface area contributed by atoms with Crippen molar-refractivity contribution in [2.45, 2.75) is 242 Å². The van der Waals surface area contributed by atoms with E-state index in [9.17, 15) is 0 Å². The van der Waals surface area contributed by atoms with Crippen LogP contribution in [0.2, 0.25) is 0 Å². The third-order valence-corrected chi connectivity index (χ3v) is 12.9. The van der Waals surface area contributed by atoms with Crippen molar-refractivity contribution in [3.8, 4) is 0 Å². The molecule has 4 heterocycles. The minimum absolute atomic E-state index is 0.195. The lowest BCUT2D eigenvalue weighted by Crippen LogP contribution is -2.32. The van der Waals surface area contributed by atoms with Gasteiger partial charge >= 0.3 is 0 Å². The van der Waals surface area contributed by atoms with Crippen molar-refractivity contribution < 1.29 is 4.74 Å². The number of rotatable bonds is 4. The van der Waals surface area contributed by atoms with Crippen LogP contribution in [0.4, 0.5) is 0 Å². The topological polar surface area (TPSA) is 154 Å². The minimum Gasteiger partial charge on any atom is -0.378 e. The predicted molar refractivity (Wildman–Crippen MR) is 345 cm³/mol. The monoisotopic (exact) mass is 1110 g/mol. The Morgan fingerprint density at radius 3 is 1.27 bits per heavy atom. The van der Waals surface area contributed by atoms with Crippen LogP contribution >= 0.6 is 0 Å². The SMILES string of the molecule is C1CCCC2=C(CC1)NNN2.CC(C)(C)C.CC(C)(C)C1Cc2ccccc2C2=C(NNN2)c2ccccc21.CC(C)C.CC(C)C.CC(C)C.CC(C)C.CC(C)C1=CNNN1.CC(C)OCC1C2CCC3=C(CCC21)NNN3. The summed E-state index contributed by atoms with van der Waals surface area (Å²) in [6, 6.07) is 17.5. The van der Waals surface area contributed by atoms with Crippen LogP contribution in [0.1, 0.15) is 252 Å². The van der Waals surface area contributed by atoms with E-state index in [1.165, 1.54) is 115 Å². The zero-order valence-electron chi connectivity index (χ0n) is 55.4. The lowest BCUT2D eigenvalue weighted by Gasteiger charge is -2.34. The van der Waals surface area contributed by atoms with E-state index in [-0.39, 0.29) is 5.41 Å². The first kappa shape index (κ1) is 71.7. The van der Waals surface area contributed by atoms with Gasteiger partial charge in [-0.2, -0.15) is 16.6 Å². The Kier molecular flexibility index (Phi) is 33.1. The van der Waals surface area contributed by atoms with Crippen LogP contribution in [0, 0.1) is 58.2 Å². The zero-order valence-corrected chi connectivity index (χ0v) is 55.4. The fourth-order valence-electron chi connectivity index (χ4n) is 9.36. The van der Waals surface area contributed by atoms with Gasteiger partial charge in [-0.1, -0.05) is 207 Å². The molecule has 2 aromatic carbocycles. The number of fused-ring (bicyclic) bond motifs is 5. The van der Waals surface area contributed by atoms with E-state index in [4.69, 9.17) is 4.74 Å². The smallest absolute Gasteiger partial charge is 0.0832 e. The summed E-state index contributed by atoms with van der Waals surface area (Å²) in [6.45, 7) is 51.3. The van der Waals surface area contributed by atoms with Gasteiger partial charge in [0, 0.05) is 45.8 Å². The Bertz CT molecular complexity index is 2070. The number of benzene rings is 2. The molecular formula is C67H124N12O. The average molecular weight is 1110 g/mol. The molecule has 0 aromatic heterocycles. The van der Waals surface area contributed by atoms with Gasteiger partial charge < -0.3 is 48.1 Å². The van der Waals surface area contributed by atoms with Crippen molar-refractivity contribution in [1.82, 2.24) is 65.5 Å². The molecule has 0 amide bonds. The largest absolute Gasteiger partial charge is 0.378 e. The van der Waals surface area contributed by atoms with Crippen LogP contribution in [0.3, 0.4) is 0 Å². The number of hydrazine groups is 8. The Labute approximate surface area is 491 Å². The minimum atomic E-state index is 0.195. The van der Waals surface area contributed by atoms with Crippen molar-refractivity contribution in [2.75, 3.05) is 6.61 Å². The molecule has 12 N–H and O–H groups in total. The zero-order chi connectivity index (χ0) is 60.2. The lowest BCUT2D eigenvalue weighted by molar-refractivity contribution is 0.0655. The van der Waals surface area contributed by atoms with E-state index in [0.29, 0.717) is 23.4 Å². The van der Waals surface area contributed by atoms with E-state index in [2.05, 4.69) is 273 Å². The molecule has 8 aliphatic rings. The first-order chi connectivity index (χ1) is 37.5. The van der Waals surface area contributed by atoms with Crippen LogP contribution in [0.15, 0.2) is 83.2 Å². The van der Waals surface area contributed by atoms with Crippen LogP contribution in [-0.4, -0.2) is 12.7 Å². The lowest BCUT2D eigenvalue weighted by atomic mass is 9.70. The molecule has 2 aromatic rings. The summed E-state index contributed by atoms with van der Waals surface area (Å²) in [5.41, 5.74) is 52.0. The Morgan fingerprint density at radius 2 is 0.875 bits per heavy atom. The van der Waals surface area contributed by atoms with Gasteiger partial charge in [-0.25, -0.2) is 0 Å². The summed E-state index contributed by atoms with van der Waals surface area (Å²) in [4.78, 5) is 0. The molecule has 1 saturated carbocycles. The van der Waals surface area contributed by atoms with Crippen molar-refractivity contribution in [1.29, 1.82) is 0 Å². The van der Waals surface area contributed by atoms with Crippen LogP contribution < -0.4 is 65.5 Å². The molecule has 458 valence electrons. The summed E-state index contributed by atoms with van der Waals surface area (Å²) < 4.78 is 5.78. The molecule has 3 unspecified atom stereocenters. The van der Waals surface area contributed by atoms with E-state index < -0.39 is 0 Å². The molecule has 0 saturated heterocycles. The summed E-state index contributed by atoms with van der Waals surface area (Å²) in [5.74, 6) is 7.01. The van der Waals surface area contributed by atoms with Gasteiger partial charge in [0.15, 0.2) is 0 Å². The van der Waals surface area contributed by atoms with Gasteiger partial charge in [-0.05, 0) is 147 Å². The van der Waals surface area contributed by atoms with Gasteiger partial charge in [0.05, 0.1) is 24.1 Å². The molecule has 80 heavy (non-hydrogen) atoms. The Hall–Kier alpha value is -4.40. The third kappa shape index (κ3) is 29.5. The molecule has 13 heteroatoms. The first-order valence-corrected chi connectivity index (χ1v) is 31.3. The number of hydrogen-bond donors (Lipinski definition) is 12. The summed E-state index contributed by atoms with van der Waals surface area (Å²) in [5, 5.41) is 0. The Morgan fingerprint density at radius 1 is 0.475 bits per heavy atom. The quantitative estimate of drug-likeness (QED) is 0.141. The van der Waals surface area contributed by atoms with Crippen molar-refractivity contribution >= 4 is 11.4 Å². The number of nitrogens with one attached hydrogen (secondary N) is 12. The molecule has 13 nitrogen and oxygen atoms in total. The van der Waals surface area contributed by atoms with Crippen LogP contribution in [-0.2, 0) is 11.2 Å². The second-order valence-corrected chi connectivity index (χ2v) is 28.6. The van der Waals surface area contributed by atoms with Crippen molar-refractivity contribution in [3.05, 3.63) is 105 Å². The molecule has 1 fully saturated rings. The second-order valence-electron chi connectivity index (χ2n) is 28.6. The maximum absolute atomic E-state index is 5.78. The van der Waals surface area contributed by atoms with E-state index in [0.717, 1.165) is 65.8 Å². The second kappa shape index (κ2) is 36.9. The van der Waals surface area contributed by atoms with Gasteiger partial charge in [0.1, 0.15) is 0 Å². The fourth-order valence-corrected chi connectivity index (χ4v) is 9.36. The highest BCUT2D eigenvalue weighted by Crippen LogP contribution is 2.54. The van der Waals surface area contributed by atoms with Gasteiger partial charge in [0.2, 0.25) is 0 Å². The standard InChI is InChI=1S/C20H23N3.C13H23N3O.C8H15N3.C5H11N3.C5H12.4C4H10/c1-20(2,3)17-12-13-8-4-5-9-14(13)18-19(22-23-21-18)16-11-7-6-10-15(16)17;1-8(2)17-7-11-9-3-5-12-13(15-16-14-12)6-4-10(9)11;1-2-4-6-8-7(5-3-1)9-11-10-8;1-4(2)5-3-6-8-7-5;1-5(2,3)4;4*1-4(2)3/h4-11,17,21-23H,12H2,1-3H3;8-11,14-16H,3-7H2,1-2H3;9-11H,1-6H2;3-4,6-8H,1-2H3;1-4H3;4*4H,1-3H3. The molecule has 0 spiro atoms. The summed E-state index contributed by atoms with van der Waals surface area (Å²) in [6.07, 6.45) is 16.2. The molecular weight excluding hydrogens is 989 g/mol. The highest BCUT2D eigenvalue weighted by atomic mass is 16.5. The highest BCUT2D eigenvalue weighted by Gasteiger charge is 2.49. The average Bonchev–Trinajstić information content (AvgIpc) is 4.01. The van der Waals surface area contributed by atoms with Crippen molar-refractivity contribution in [3.63, 3.8) is 0 Å². The molecule has 3 atom stereocenters. The molecule has 4 aliphatic carbocycles. The normalized spacial score (nSPS) is 20.9. The molecule has 4 aliphatic heterocycles. The van der Waals surface area contributed by atoms with E-state index >= 15 is 0 Å². The molecule has 0 radical (unpaired) electrons.